The quantitative estimate of drug-likeness (QED) is 0.422. The fraction of sp³-hybridized carbons (Fsp3) is 0.111. The minimum absolute atomic E-state index is 0.555. The van der Waals surface area contributed by atoms with Gasteiger partial charge in [-0.3, -0.25) is 0 Å². The van der Waals surface area contributed by atoms with Crippen molar-refractivity contribution < 1.29 is 0 Å². The molecule has 0 unspecified atom stereocenters. The number of hydrogen-bond donors (Lipinski definition) is 0. The second kappa shape index (κ2) is 4.90. The summed E-state index contributed by atoms with van der Waals surface area (Å²) in [7, 11) is 0. The van der Waals surface area contributed by atoms with Crippen molar-refractivity contribution in [1.29, 1.82) is 0 Å². The Morgan fingerprint density at radius 2 is 2.30 bits per heavy atom. The number of allylic oxidation sites excluding steroid dienone is 5. The molecule has 0 heterocycles. The summed E-state index contributed by atoms with van der Waals surface area (Å²) < 4.78 is 0. The summed E-state index contributed by atoms with van der Waals surface area (Å²) in [6.45, 7) is 5.47. The lowest BCUT2D eigenvalue weighted by Gasteiger charge is -1.87. The molecule has 0 N–H and O–H groups in total. The van der Waals surface area contributed by atoms with Gasteiger partial charge in [0.2, 0.25) is 0 Å². The predicted octanol–water partition coefficient (Wildman–Crippen LogP) is 2.87. The van der Waals surface area contributed by atoms with Crippen LogP contribution in [0.3, 0.4) is 0 Å². The van der Waals surface area contributed by atoms with Gasteiger partial charge in [-0.2, -0.15) is 0 Å². The Labute approximate surface area is 66.9 Å². The molecule has 0 fully saturated rings. The number of hydrogen-bond acceptors (Lipinski definition) is 0. The van der Waals surface area contributed by atoms with E-state index < -0.39 is 0 Å². The third-order valence-electron chi connectivity index (χ3n) is 0.909. The number of terminal acetylenes is 1. The second-order valence-electron chi connectivity index (χ2n) is 1.79. The fourth-order valence-electron chi connectivity index (χ4n) is 0.398. The van der Waals surface area contributed by atoms with Gasteiger partial charge in [-0.1, -0.05) is 35.7 Å². The van der Waals surface area contributed by atoms with Crippen LogP contribution in [0.5, 0.6) is 0 Å². The second-order valence-corrected chi connectivity index (χ2v) is 2.22. The Bertz CT molecular complexity index is 213. The molecule has 0 spiro atoms. The van der Waals surface area contributed by atoms with Crippen LogP contribution in [0.1, 0.15) is 6.92 Å². The third kappa shape index (κ3) is 4.00. The minimum Gasteiger partial charge on any atom is -0.115 e. The van der Waals surface area contributed by atoms with E-state index in [0.29, 0.717) is 5.03 Å². The van der Waals surface area contributed by atoms with Crippen LogP contribution in [0, 0.1) is 12.3 Å². The summed E-state index contributed by atoms with van der Waals surface area (Å²) in [5, 5.41) is 0.555. The first-order chi connectivity index (χ1) is 4.70. The molecular formula is C9H9Cl. The molecule has 0 saturated heterocycles. The summed E-state index contributed by atoms with van der Waals surface area (Å²) in [5.41, 5.74) is 0.997. The van der Waals surface area contributed by atoms with E-state index in [4.69, 9.17) is 18.0 Å². The molecule has 10 heavy (non-hydrogen) atoms. The molecule has 0 nitrogen and oxygen atoms in total. The smallest absolute Gasteiger partial charge is 0.0491 e. The molecule has 0 bridgehead atoms. The number of halogens is 1. The molecule has 0 saturated carbocycles. The summed E-state index contributed by atoms with van der Waals surface area (Å²) in [6, 6.07) is 0. The van der Waals surface area contributed by atoms with Crippen LogP contribution in [0.2, 0.25) is 0 Å². The largest absolute Gasteiger partial charge is 0.115 e. The molecule has 0 radical (unpaired) electrons. The highest BCUT2D eigenvalue weighted by Crippen LogP contribution is 2.06. The van der Waals surface area contributed by atoms with Gasteiger partial charge in [0.1, 0.15) is 0 Å². The van der Waals surface area contributed by atoms with Crippen molar-refractivity contribution >= 4 is 11.6 Å². The Morgan fingerprint density at radius 3 is 2.70 bits per heavy atom. The monoisotopic (exact) mass is 152 g/mol. The molecule has 0 atom stereocenters. The van der Waals surface area contributed by atoms with Gasteiger partial charge in [0.25, 0.3) is 0 Å². The zero-order valence-electron chi connectivity index (χ0n) is 5.89. The van der Waals surface area contributed by atoms with Crippen molar-refractivity contribution in [1.82, 2.24) is 0 Å². The fourth-order valence-corrected chi connectivity index (χ4v) is 0.633. The van der Waals surface area contributed by atoms with Gasteiger partial charge in [0.05, 0.1) is 0 Å². The highest BCUT2D eigenvalue weighted by Gasteiger charge is 1.83. The van der Waals surface area contributed by atoms with Crippen LogP contribution in [0.15, 0.2) is 35.4 Å². The summed E-state index contributed by atoms with van der Waals surface area (Å²) in [4.78, 5) is 0. The first-order valence-corrected chi connectivity index (χ1v) is 3.21. The first-order valence-electron chi connectivity index (χ1n) is 2.83. The Kier molecular flexibility index (Phi) is 4.45. The topological polar surface area (TPSA) is 0 Å². The van der Waals surface area contributed by atoms with E-state index in [1.165, 1.54) is 6.08 Å². The maximum Gasteiger partial charge on any atom is 0.0491 e. The van der Waals surface area contributed by atoms with E-state index in [9.17, 15) is 0 Å². The van der Waals surface area contributed by atoms with Gasteiger partial charge >= 0.3 is 0 Å². The van der Waals surface area contributed by atoms with Crippen molar-refractivity contribution in [2.45, 2.75) is 6.92 Å². The van der Waals surface area contributed by atoms with E-state index in [1.807, 2.05) is 6.92 Å². The van der Waals surface area contributed by atoms with E-state index in [-0.39, 0.29) is 0 Å². The molecule has 0 aromatic heterocycles. The Hall–Kier alpha value is -0.930. The summed E-state index contributed by atoms with van der Waals surface area (Å²) in [5.74, 6) is 2.32. The number of rotatable bonds is 2. The summed E-state index contributed by atoms with van der Waals surface area (Å²) in [6.07, 6.45) is 9.95. The van der Waals surface area contributed by atoms with Crippen molar-refractivity contribution in [3.8, 4) is 12.3 Å². The third-order valence-corrected chi connectivity index (χ3v) is 1.13. The van der Waals surface area contributed by atoms with E-state index in [0.717, 1.165) is 5.57 Å². The average Bonchev–Trinajstić information content (AvgIpc) is 1.88. The normalized spacial score (nSPS) is 12.5. The molecule has 0 aromatic carbocycles. The Morgan fingerprint density at radius 1 is 1.70 bits per heavy atom. The van der Waals surface area contributed by atoms with Crippen LogP contribution in [-0.4, -0.2) is 0 Å². The molecule has 0 aliphatic rings. The molecule has 0 aliphatic heterocycles. The molecule has 0 rings (SSSR count). The van der Waals surface area contributed by atoms with Crippen LogP contribution in [-0.2, 0) is 0 Å². The van der Waals surface area contributed by atoms with Gasteiger partial charge in [-0.15, -0.1) is 6.42 Å². The van der Waals surface area contributed by atoms with Gasteiger partial charge in [-0.25, -0.2) is 0 Å². The van der Waals surface area contributed by atoms with Gasteiger partial charge in [0.15, 0.2) is 0 Å². The van der Waals surface area contributed by atoms with E-state index >= 15 is 0 Å². The molecule has 0 amide bonds. The zero-order chi connectivity index (χ0) is 7.98. The van der Waals surface area contributed by atoms with Crippen LogP contribution < -0.4 is 0 Å². The van der Waals surface area contributed by atoms with Crippen molar-refractivity contribution in [2.75, 3.05) is 0 Å². The maximum atomic E-state index is 5.65. The predicted molar refractivity (Wildman–Crippen MR) is 46.7 cm³/mol. The molecular weight excluding hydrogens is 144 g/mol. The SMILES string of the molecule is C#C/C=C(Cl)\C=C(\C)C=C. The van der Waals surface area contributed by atoms with Crippen LogP contribution in [0.4, 0.5) is 0 Å². The van der Waals surface area contributed by atoms with Crippen LogP contribution >= 0.6 is 11.6 Å². The highest BCUT2D eigenvalue weighted by molar-refractivity contribution is 6.31. The van der Waals surface area contributed by atoms with Gasteiger partial charge < -0.3 is 0 Å². The van der Waals surface area contributed by atoms with Crippen molar-refractivity contribution in [2.24, 2.45) is 0 Å². The van der Waals surface area contributed by atoms with Crippen LogP contribution in [0.25, 0.3) is 0 Å². The minimum atomic E-state index is 0.555. The molecule has 52 valence electrons. The van der Waals surface area contributed by atoms with Crippen molar-refractivity contribution in [3.63, 3.8) is 0 Å². The van der Waals surface area contributed by atoms with Gasteiger partial charge in [-0.05, 0) is 13.0 Å². The zero-order valence-corrected chi connectivity index (χ0v) is 6.65. The lowest BCUT2D eigenvalue weighted by Crippen LogP contribution is -1.67. The standard InChI is InChI=1S/C9H9Cl/c1-4-6-9(10)7-8(3)5-2/h1,5-7H,2H2,3H3/b8-7-,9-6+. The first kappa shape index (κ1) is 9.07. The lowest BCUT2D eigenvalue weighted by molar-refractivity contribution is 1.53. The molecule has 0 aliphatic carbocycles. The lowest BCUT2D eigenvalue weighted by atomic mass is 10.3. The highest BCUT2D eigenvalue weighted by atomic mass is 35.5. The maximum absolute atomic E-state index is 5.65. The Balaban J connectivity index is 4.29. The summed E-state index contributed by atoms with van der Waals surface area (Å²) >= 11 is 5.65. The van der Waals surface area contributed by atoms with Gasteiger partial charge in [0, 0.05) is 11.1 Å². The van der Waals surface area contributed by atoms with E-state index in [1.54, 1.807) is 12.2 Å². The molecule has 0 aromatic rings. The average molecular weight is 153 g/mol. The van der Waals surface area contributed by atoms with E-state index in [2.05, 4.69) is 12.5 Å². The molecule has 1 heteroatoms. The van der Waals surface area contributed by atoms with Crippen molar-refractivity contribution in [3.05, 3.63) is 35.4 Å².